The number of ether oxygens (including phenoxy) is 1. The van der Waals surface area contributed by atoms with Crippen LogP contribution in [0.2, 0.25) is 0 Å². The third-order valence-corrected chi connectivity index (χ3v) is 3.11. The number of hydrogen-bond acceptors (Lipinski definition) is 3. The van der Waals surface area contributed by atoms with E-state index in [1.165, 1.54) is 0 Å². The van der Waals surface area contributed by atoms with Crippen LogP contribution in [-0.2, 0) is 0 Å². The maximum Gasteiger partial charge on any atom is 0.150 e. The van der Waals surface area contributed by atoms with Gasteiger partial charge in [-0.15, -0.1) is 0 Å². The fraction of sp³-hybridized carbons (Fsp3) is 0. The van der Waals surface area contributed by atoms with Crippen molar-refractivity contribution in [3.8, 4) is 17.2 Å². The highest BCUT2D eigenvalue weighted by Gasteiger charge is 2.06. The van der Waals surface area contributed by atoms with Gasteiger partial charge in [0.1, 0.15) is 17.2 Å². The Kier molecular flexibility index (Phi) is 3.09. The largest absolute Gasteiger partial charge is 0.508 e. The minimum atomic E-state index is 0.193. The van der Waals surface area contributed by atoms with Gasteiger partial charge in [-0.05, 0) is 35.7 Å². The molecule has 3 aromatic carbocycles. The zero-order chi connectivity index (χ0) is 13.9. The second-order valence-electron chi connectivity index (χ2n) is 4.41. The van der Waals surface area contributed by atoms with E-state index in [0.29, 0.717) is 17.1 Å². The molecule has 1 N–H and O–H groups in total. The van der Waals surface area contributed by atoms with Crippen LogP contribution in [0.5, 0.6) is 17.2 Å². The number of aromatic hydroxyl groups is 1. The lowest BCUT2D eigenvalue weighted by Gasteiger charge is -2.10. The van der Waals surface area contributed by atoms with Crippen LogP contribution in [0.15, 0.2) is 60.7 Å². The molecule has 3 rings (SSSR count). The standard InChI is InChI=1S/C17H12O3/c18-11-12-3-1-5-16-15(12)4-2-6-17(16)20-14-9-7-13(19)8-10-14/h1-11,19H. The van der Waals surface area contributed by atoms with Gasteiger partial charge in [0, 0.05) is 10.9 Å². The second kappa shape index (κ2) is 5.05. The summed E-state index contributed by atoms with van der Waals surface area (Å²) in [5.74, 6) is 1.50. The molecule has 0 heterocycles. The maximum atomic E-state index is 11.1. The zero-order valence-electron chi connectivity index (χ0n) is 10.6. The summed E-state index contributed by atoms with van der Waals surface area (Å²) in [6.07, 6.45) is 0.840. The number of carbonyl (C=O) groups excluding carboxylic acids is 1. The van der Waals surface area contributed by atoms with E-state index in [1.54, 1.807) is 30.3 Å². The Labute approximate surface area is 116 Å². The van der Waals surface area contributed by atoms with Gasteiger partial charge in [-0.25, -0.2) is 0 Å². The van der Waals surface area contributed by atoms with Gasteiger partial charge in [0.2, 0.25) is 0 Å². The molecule has 0 aliphatic carbocycles. The lowest BCUT2D eigenvalue weighted by molar-refractivity contribution is 0.112. The molecule has 0 bridgehead atoms. The van der Waals surface area contributed by atoms with Gasteiger partial charge in [0.15, 0.2) is 6.29 Å². The van der Waals surface area contributed by atoms with Gasteiger partial charge in [-0.1, -0.05) is 30.3 Å². The maximum absolute atomic E-state index is 11.1. The lowest BCUT2D eigenvalue weighted by Crippen LogP contribution is -1.88. The summed E-state index contributed by atoms with van der Waals surface area (Å²) in [7, 11) is 0. The smallest absolute Gasteiger partial charge is 0.150 e. The molecule has 20 heavy (non-hydrogen) atoms. The minimum Gasteiger partial charge on any atom is -0.508 e. The summed E-state index contributed by atoms with van der Waals surface area (Å²) >= 11 is 0. The summed E-state index contributed by atoms with van der Waals surface area (Å²) in [4.78, 5) is 11.1. The van der Waals surface area contributed by atoms with E-state index < -0.39 is 0 Å². The van der Waals surface area contributed by atoms with Crippen molar-refractivity contribution < 1.29 is 14.6 Å². The molecule has 0 aliphatic rings. The van der Waals surface area contributed by atoms with Gasteiger partial charge < -0.3 is 9.84 Å². The molecule has 0 aliphatic heterocycles. The zero-order valence-corrected chi connectivity index (χ0v) is 10.6. The van der Waals surface area contributed by atoms with Crippen LogP contribution in [0.1, 0.15) is 10.4 Å². The Balaban J connectivity index is 2.07. The SMILES string of the molecule is O=Cc1cccc2c(Oc3ccc(O)cc3)cccc12. The first-order chi connectivity index (χ1) is 9.78. The van der Waals surface area contributed by atoms with Crippen molar-refractivity contribution in [2.45, 2.75) is 0 Å². The van der Waals surface area contributed by atoms with Crippen LogP contribution < -0.4 is 4.74 Å². The number of phenolic OH excluding ortho intramolecular Hbond substituents is 1. The minimum absolute atomic E-state index is 0.193. The lowest BCUT2D eigenvalue weighted by atomic mass is 10.0. The number of fused-ring (bicyclic) bond motifs is 1. The van der Waals surface area contributed by atoms with Crippen molar-refractivity contribution in [2.24, 2.45) is 0 Å². The van der Waals surface area contributed by atoms with Gasteiger partial charge in [0.05, 0.1) is 0 Å². The summed E-state index contributed by atoms with van der Waals surface area (Å²) in [6.45, 7) is 0. The van der Waals surface area contributed by atoms with Crippen LogP contribution in [0.3, 0.4) is 0 Å². The number of phenols is 1. The molecule has 0 saturated heterocycles. The normalized spacial score (nSPS) is 10.4. The van der Waals surface area contributed by atoms with E-state index in [2.05, 4.69) is 0 Å². The first-order valence-corrected chi connectivity index (χ1v) is 6.22. The fourth-order valence-corrected chi connectivity index (χ4v) is 2.14. The second-order valence-corrected chi connectivity index (χ2v) is 4.41. The topological polar surface area (TPSA) is 46.5 Å². The van der Waals surface area contributed by atoms with Crippen molar-refractivity contribution in [3.05, 3.63) is 66.2 Å². The first-order valence-electron chi connectivity index (χ1n) is 6.22. The average molecular weight is 264 g/mol. The number of hydrogen-bond donors (Lipinski definition) is 1. The molecule has 3 nitrogen and oxygen atoms in total. The number of carbonyl (C=O) groups is 1. The van der Waals surface area contributed by atoms with E-state index in [1.807, 2.05) is 30.3 Å². The highest BCUT2D eigenvalue weighted by molar-refractivity contribution is 6.00. The number of aldehydes is 1. The number of benzene rings is 3. The predicted molar refractivity (Wildman–Crippen MR) is 77.5 cm³/mol. The summed E-state index contributed by atoms with van der Waals surface area (Å²) in [5.41, 5.74) is 0.638. The van der Waals surface area contributed by atoms with E-state index >= 15 is 0 Å². The van der Waals surface area contributed by atoms with Crippen LogP contribution in [-0.4, -0.2) is 11.4 Å². The van der Waals surface area contributed by atoms with Gasteiger partial charge in [0.25, 0.3) is 0 Å². The monoisotopic (exact) mass is 264 g/mol. The summed E-state index contributed by atoms with van der Waals surface area (Å²) < 4.78 is 5.82. The van der Waals surface area contributed by atoms with Crippen molar-refractivity contribution in [2.75, 3.05) is 0 Å². The molecular weight excluding hydrogens is 252 g/mol. The van der Waals surface area contributed by atoms with E-state index in [-0.39, 0.29) is 5.75 Å². The molecule has 0 unspecified atom stereocenters. The first kappa shape index (κ1) is 12.2. The van der Waals surface area contributed by atoms with E-state index in [4.69, 9.17) is 4.74 Å². The Morgan fingerprint density at radius 3 is 2.30 bits per heavy atom. The molecule has 0 amide bonds. The van der Waals surface area contributed by atoms with Crippen molar-refractivity contribution in [1.82, 2.24) is 0 Å². The highest BCUT2D eigenvalue weighted by Crippen LogP contribution is 2.31. The third kappa shape index (κ3) is 2.21. The molecule has 3 heteroatoms. The Bertz CT molecular complexity index is 761. The van der Waals surface area contributed by atoms with Crippen molar-refractivity contribution in [1.29, 1.82) is 0 Å². The molecule has 0 fully saturated rings. The van der Waals surface area contributed by atoms with Gasteiger partial charge in [-0.2, -0.15) is 0 Å². The number of rotatable bonds is 3. The van der Waals surface area contributed by atoms with Crippen molar-refractivity contribution >= 4 is 17.1 Å². The highest BCUT2D eigenvalue weighted by atomic mass is 16.5. The molecule has 0 atom stereocenters. The summed E-state index contributed by atoms with van der Waals surface area (Å²) in [5, 5.41) is 11.0. The molecule has 3 aromatic rings. The van der Waals surface area contributed by atoms with E-state index in [9.17, 15) is 9.90 Å². The summed E-state index contributed by atoms with van der Waals surface area (Å²) in [6, 6.07) is 17.6. The third-order valence-electron chi connectivity index (χ3n) is 3.11. The molecule has 98 valence electrons. The van der Waals surface area contributed by atoms with Crippen LogP contribution in [0.25, 0.3) is 10.8 Å². The van der Waals surface area contributed by atoms with Crippen LogP contribution >= 0.6 is 0 Å². The quantitative estimate of drug-likeness (QED) is 0.723. The van der Waals surface area contributed by atoms with Gasteiger partial charge in [-0.3, -0.25) is 4.79 Å². The Morgan fingerprint density at radius 1 is 0.850 bits per heavy atom. The molecule has 0 saturated carbocycles. The van der Waals surface area contributed by atoms with E-state index in [0.717, 1.165) is 17.1 Å². The Morgan fingerprint density at radius 2 is 1.55 bits per heavy atom. The van der Waals surface area contributed by atoms with Crippen molar-refractivity contribution in [3.63, 3.8) is 0 Å². The van der Waals surface area contributed by atoms with Crippen LogP contribution in [0, 0.1) is 0 Å². The molecule has 0 spiro atoms. The molecule has 0 radical (unpaired) electrons. The predicted octanol–water partition coefficient (Wildman–Crippen LogP) is 4.15. The van der Waals surface area contributed by atoms with Gasteiger partial charge >= 0.3 is 0 Å². The average Bonchev–Trinajstić information content (AvgIpc) is 2.49. The Hall–Kier alpha value is -2.81. The fourth-order valence-electron chi connectivity index (χ4n) is 2.14. The van der Waals surface area contributed by atoms with Crippen LogP contribution in [0.4, 0.5) is 0 Å². The molecule has 0 aromatic heterocycles. The molecular formula is C17H12O3.